The van der Waals surface area contributed by atoms with E-state index >= 15 is 0 Å². The number of hydrogen-bond donors (Lipinski definition) is 2. The number of amides is 1. The molecule has 0 aliphatic rings. The van der Waals surface area contributed by atoms with Crippen LogP contribution < -0.4 is 5.32 Å². The summed E-state index contributed by atoms with van der Waals surface area (Å²) in [6, 6.07) is 5.74. The Kier molecular flexibility index (Phi) is 11.1. The minimum atomic E-state index is -4.67. The maximum atomic E-state index is 13.5. The summed E-state index contributed by atoms with van der Waals surface area (Å²) in [6.45, 7) is -0.214. The highest BCUT2D eigenvalue weighted by atomic mass is 79.9. The Bertz CT molecular complexity index is 1080. The van der Waals surface area contributed by atoms with E-state index in [-0.39, 0.29) is 15.6 Å². The van der Waals surface area contributed by atoms with Crippen LogP contribution in [0.25, 0.3) is 6.08 Å². The van der Waals surface area contributed by atoms with Crippen LogP contribution in [0.3, 0.4) is 0 Å². The number of carboxylic acid groups (broad SMARTS) is 1. The molecule has 0 aliphatic carbocycles. The highest BCUT2D eigenvalue weighted by Gasteiger charge is 2.39. The second-order valence-electron chi connectivity index (χ2n) is 6.75. The van der Waals surface area contributed by atoms with Gasteiger partial charge in [0, 0.05) is 11.4 Å². The maximum absolute atomic E-state index is 13.5. The standard InChI is InChI=1S/C17H9BrCl2F4O2.C4H6F3NO/c18-12-5-8(1-3-10(12)16(25)26)2-4-11(17(22,23)24)9-6-13(19)15(21)14(20)7-9;1-3(9)8-2-4(5,6)7/h1-7,11H,(H,25,26);2H2,1H3,(H,8,9)/b4-2+;. The van der Waals surface area contributed by atoms with Crippen molar-refractivity contribution in [3.8, 4) is 0 Å². The third-order valence-electron chi connectivity index (χ3n) is 3.96. The lowest BCUT2D eigenvalue weighted by atomic mass is 9.97. The number of carbonyl (C=O) groups excluding carboxylic acids is 1. The van der Waals surface area contributed by atoms with Crippen molar-refractivity contribution in [2.75, 3.05) is 6.54 Å². The van der Waals surface area contributed by atoms with E-state index in [2.05, 4.69) is 15.9 Å². The smallest absolute Gasteiger partial charge is 0.405 e. The van der Waals surface area contributed by atoms with Gasteiger partial charge in [-0.2, -0.15) is 26.3 Å². The molecule has 2 N–H and O–H groups in total. The zero-order valence-electron chi connectivity index (χ0n) is 17.4. The average molecular weight is 613 g/mol. The van der Waals surface area contributed by atoms with Crippen molar-refractivity contribution in [2.45, 2.75) is 25.2 Å². The molecule has 14 heteroatoms. The fourth-order valence-electron chi connectivity index (χ4n) is 2.40. The zero-order valence-corrected chi connectivity index (χ0v) is 20.5. The molecule has 2 aromatic carbocycles. The van der Waals surface area contributed by atoms with E-state index in [1.165, 1.54) is 24.3 Å². The van der Waals surface area contributed by atoms with Crippen LogP contribution in [0, 0.1) is 5.82 Å². The Balaban J connectivity index is 0.000000579. The number of alkyl halides is 6. The SMILES string of the molecule is CC(=O)NCC(F)(F)F.O=C(O)c1ccc(/C=C/C(c2cc(Cl)c(F)c(Cl)c2)C(F)(F)F)cc1Br. The minimum absolute atomic E-state index is 0.0216. The van der Waals surface area contributed by atoms with Crippen LogP contribution in [0.4, 0.5) is 30.7 Å². The summed E-state index contributed by atoms with van der Waals surface area (Å²) in [5.41, 5.74) is 0.00780. The molecule has 35 heavy (non-hydrogen) atoms. The van der Waals surface area contributed by atoms with Gasteiger partial charge in [0.15, 0.2) is 5.82 Å². The summed E-state index contributed by atoms with van der Waals surface area (Å²) in [5.74, 6) is -4.91. The van der Waals surface area contributed by atoms with Crippen LogP contribution in [0.5, 0.6) is 0 Å². The molecule has 1 unspecified atom stereocenters. The second-order valence-corrected chi connectivity index (χ2v) is 8.42. The van der Waals surface area contributed by atoms with E-state index < -0.39 is 52.6 Å². The number of hydrogen-bond acceptors (Lipinski definition) is 2. The third kappa shape index (κ3) is 10.5. The Morgan fingerprint density at radius 3 is 2.00 bits per heavy atom. The number of benzene rings is 2. The fraction of sp³-hybridized carbons (Fsp3) is 0.238. The van der Waals surface area contributed by atoms with Crippen LogP contribution >= 0.6 is 39.1 Å². The Morgan fingerprint density at radius 1 is 1.09 bits per heavy atom. The molecule has 0 bridgehead atoms. The van der Waals surface area contributed by atoms with Gasteiger partial charge in [-0.1, -0.05) is 41.4 Å². The van der Waals surface area contributed by atoms with Crippen molar-refractivity contribution in [3.63, 3.8) is 0 Å². The number of nitrogens with one attached hydrogen (secondary N) is 1. The summed E-state index contributed by atoms with van der Waals surface area (Å²) in [4.78, 5) is 20.8. The Hall–Kier alpha value is -2.31. The number of halogens is 10. The third-order valence-corrected chi connectivity index (χ3v) is 5.17. The lowest BCUT2D eigenvalue weighted by Gasteiger charge is -2.18. The summed E-state index contributed by atoms with van der Waals surface area (Å²) < 4.78 is 87.5. The lowest BCUT2D eigenvalue weighted by molar-refractivity contribution is -0.139. The Morgan fingerprint density at radius 2 is 1.63 bits per heavy atom. The molecule has 1 atom stereocenters. The van der Waals surface area contributed by atoms with Gasteiger partial charge in [-0.25, -0.2) is 9.18 Å². The van der Waals surface area contributed by atoms with Crippen molar-refractivity contribution < 1.29 is 45.4 Å². The summed E-state index contributed by atoms with van der Waals surface area (Å²) >= 11 is 14.2. The first-order chi connectivity index (χ1) is 15.9. The highest BCUT2D eigenvalue weighted by molar-refractivity contribution is 9.10. The van der Waals surface area contributed by atoms with Crippen LogP contribution in [0.2, 0.25) is 10.0 Å². The molecule has 0 saturated heterocycles. The normalized spacial score (nSPS) is 12.7. The molecule has 1 amide bonds. The molecular formula is C21H15BrCl2F7NO3. The van der Waals surface area contributed by atoms with Crippen molar-refractivity contribution in [1.82, 2.24) is 5.32 Å². The average Bonchev–Trinajstić information content (AvgIpc) is 2.69. The van der Waals surface area contributed by atoms with E-state index in [1.54, 1.807) is 5.32 Å². The molecule has 0 aliphatic heterocycles. The number of aromatic carboxylic acids is 1. The molecule has 192 valence electrons. The van der Waals surface area contributed by atoms with E-state index in [4.69, 9.17) is 28.3 Å². The molecule has 0 radical (unpaired) electrons. The van der Waals surface area contributed by atoms with E-state index in [0.717, 1.165) is 25.1 Å². The minimum Gasteiger partial charge on any atom is -0.478 e. The number of allylic oxidation sites excluding steroid dienone is 1. The van der Waals surface area contributed by atoms with Crippen LogP contribution in [0.15, 0.2) is 40.9 Å². The van der Waals surface area contributed by atoms with Crippen molar-refractivity contribution in [1.29, 1.82) is 0 Å². The fourth-order valence-corrected chi connectivity index (χ4v) is 3.47. The van der Waals surface area contributed by atoms with Gasteiger partial charge in [0.2, 0.25) is 5.91 Å². The van der Waals surface area contributed by atoms with Gasteiger partial charge in [0.05, 0.1) is 21.5 Å². The summed E-state index contributed by atoms with van der Waals surface area (Å²) in [5, 5.41) is 9.55. The van der Waals surface area contributed by atoms with Gasteiger partial charge in [-0.15, -0.1) is 0 Å². The maximum Gasteiger partial charge on any atom is 0.405 e. The van der Waals surface area contributed by atoms with Crippen molar-refractivity contribution in [3.05, 3.63) is 73.4 Å². The van der Waals surface area contributed by atoms with Gasteiger partial charge in [-0.3, -0.25) is 4.79 Å². The molecule has 4 nitrogen and oxygen atoms in total. The van der Waals surface area contributed by atoms with E-state index in [0.29, 0.717) is 5.56 Å². The molecule has 0 saturated carbocycles. The Labute approximate surface area is 212 Å². The van der Waals surface area contributed by atoms with E-state index in [1.807, 2.05) is 0 Å². The first kappa shape index (κ1) is 30.7. The summed E-state index contributed by atoms with van der Waals surface area (Å²) in [7, 11) is 0. The molecule has 0 heterocycles. The molecule has 2 aromatic rings. The predicted molar refractivity (Wildman–Crippen MR) is 120 cm³/mol. The van der Waals surface area contributed by atoms with Crippen LogP contribution in [-0.4, -0.2) is 35.9 Å². The predicted octanol–water partition coefficient (Wildman–Crippen LogP) is 7.64. The van der Waals surface area contributed by atoms with Crippen molar-refractivity contribution >= 4 is 57.1 Å². The van der Waals surface area contributed by atoms with Crippen LogP contribution in [0.1, 0.15) is 34.3 Å². The van der Waals surface area contributed by atoms with Gasteiger partial charge in [-0.05, 0) is 51.3 Å². The van der Waals surface area contributed by atoms with Crippen LogP contribution in [-0.2, 0) is 4.79 Å². The largest absolute Gasteiger partial charge is 0.478 e. The van der Waals surface area contributed by atoms with Gasteiger partial charge >= 0.3 is 18.3 Å². The molecular weight excluding hydrogens is 598 g/mol. The molecule has 0 spiro atoms. The molecule has 0 aromatic heterocycles. The number of carbonyl (C=O) groups is 2. The van der Waals surface area contributed by atoms with Gasteiger partial charge < -0.3 is 10.4 Å². The van der Waals surface area contributed by atoms with Crippen molar-refractivity contribution in [2.24, 2.45) is 0 Å². The second kappa shape index (κ2) is 12.6. The molecule has 0 fully saturated rings. The first-order valence-electron chi connectivity index (χ1n) is 9.15. The highest BCUT2D eigenvalue weighted by Crippen LogP contribution is 2.39. The number of carboxylic acids is 1. The van der Waals surface area contributed by atoms with Gasteiger partial charge in [0.1, 0.15) is 6.54 Å². The first-order valence-corrected chi connectivity index (χ1v) is 10.7. The zero-order chi connectivity index (χ0) is 27.1. The molecule has 2 rings (SSSR count). The van der Waals surface area contributed by atoms with E-state index in [9.17, 15) is 40.3 Å². The summed E-state index contributed by atoms with van der Waals surface area (Å²) in [6.07, 6.45) is -6.92. The quantitative estimate of drug-likeness (QED) is 0.269. The lowest BCUT2D eigenvalue weighted by Crippen LogP contribution is -2.31. The monoisotopic (exact) mass is 611 g/mol. The number of rotatable bonds is 5. The van der Waals surface area contributed by atoms with Gasteiger partial charge in [0.25, 0.3) is 0 Å². The topological polar surface area (TPSA) is 66.4 Å².